The standard InChI is InChI=1S/C22H24FN5O5S/c1-27(2)22(30)16-11-14(23)9-8-13(16)12-25-21(29)18-19(33-4)17-15(7-6-10-24-17)20(26-18)28(3)34(5,31)32/h6-11H,12H2,1-5H3,(H,25,29). The minimum absolute atomic E-state index is 0.00167. The van der Waals surface area contributed by atoms with Gasteiger partial charge in [0.25, 0.3) is 11.8 Å². The predicted octanol–water partition coefficient (Wildman–Crippen LogP) is 1.81. The van der Waals surface area contributed by atoms with Gasteiger partial charge in [0.05, 0.1) is 13.4 Å². The molecule has 1 N–H and O–H groups in total. The Bertz CT molecular complexity index is 1380. The van der Waals surface area contributed by atoms with Crippen LogP contribution in [-0.2, 0) is 16.6 Å². The van der Waals surface area contributed by atoms with Gasteiger partial charge in [0.1, 0.15) is 11.3 Å². The number of sulfonamides is 1. The van der Waals surface area contributed by atoms with Crippen LogP contribution in [0.1, 0.15) is 26.4 Å². The Morgan fingerprint density at radius 2 is 1.88 bits per heavy atom. The summed E-state index contributed by atoms with van der Waals surface area (Å²) in [6.45, 7) is -0.115. The van der Waals surface area contributed by atoms with E-state index in [1.165, 1.54) is 51.5 Å². The van der Waals surface area contributed by atoms with Crippen LogP contribution in [0.25, 0.3) is 10.9 Å². The van der Waals surface area contributed by atoms with Crippen molar-refractivity contribution >= 4 is 38.6 Å². The molecule has 3 rings (SSSR count). The average molecular weight is 490 g/mol. The Morgan fingerprint density at radius 3 is 2.50 bits per heavy atom. The second-order valence-electron chi connectivity index (χ2n) is 7.63. The third-order valence-corrected chi connectivity index (χ3v) is 6.23. The molecule has 2 aromatic heterocycles. The van der Waals surface area contributed by atoms with Gasteiger partial charge in [-0.15, -0.1) is 0 Å². The lowest BCUT2D eigenvalue weighted by Gasteiger charge is -2.20. The molecule has 0 spiro atoms. The normalized spacial score (nSPS) is 11.2. The summed E-state index contributed by atoms with van der Waals surface area (Å²) >= 11 is 0. The van der Waals surface area contributed by atoms with Gasteiger partial charge in [0.15, 0.2) is 17.3 Å². The van der Waals surface area contributed by atoms with Crippen molar-refractivity contribution < 1.29 is 27.1 Å². The number of carbonyl (C=O) groups is 2. The Hall–Kier alpha value is -3.80. The van der Waals surface area contributed by atoms with Crippen LogP contribution in [0.4, 0.5) is 10.2 Å². The fraction of sp³-hybridized carbons (Fsp3) is 0.273. The Labute approximate surface area is 196 Å². The number of benzene rings is 1. The molecule has 3 aromatic rings. The molecule has 0 aliphatic rings. The van der Waals surface area contributed by atoms with Crippen LogP contribution in [0.2, 0.25) is 0 Å². The van der Waals surface area contributed by atoms with Crippen molar-refractivity contribution in [1.82, 2.24) is 20.2 Å². The minimum Gasteiger partial charge on any atom is -0.492 e. The van der Waals surface area contributed by atoms with Gasteiger partial charge in [-0.2, -0.15) is 0 Å². The van der Waals surface area contributed by atoms with Crippen molar-refractivity contribution in [3.05, 3.63) is 59.2 Å². The summed E-state index contributed by atoms with van der Waals surface area (Å²) in [4.78, 5) is 35.4. The van der Waals surface area contributed by atoms with Gasteiger partial charge in [-0.05, 0) is 29.8 Å². The smallest absolute Gasteiger partial charge is 0.274 e. The summed E-state index contributed by atoms with van der Waals surface area (Å²) in [6.07, 6.45) is 2.49. The number of rotatable bonds is 7. The maximum Gasteiger partial charge on any atom is 0.274 e. The molecule has 0 atom stereocenters. The van der Waals surface area contributed by atoms with E-state index >= 15 is 0 Å². The Balaban J connectivity index is 2.05. The summed E-state index contributed by atoms with van der Waals surface area (Å²) < 4.78 is 44.4. The monoisotopic (exact) mass is 489 g/mol. The molecule has 2 amide bonds. The first-order valence-electron chi connectivity index (χ1n) is 10.0. The number of fused-ring (bicyclic) bond motifs is 1. The fourth-order valence-corrected chi connectivity index (χ4v) is 3.70. The van der Waals surface area contributed by atoms with E-state index in [1.54, 1.807) is 12.1 Å². The summed E-state index contributed by atoms with van der Waals surface area (Å²) in [5.74, 6) is -1.64. The van der Waals surface area contributed by atoms with Crippen molar-refractivity contribution in [2.45, 2.75) is 6.54 Å². The van der Waals surface area contributed by atoms with Gasteiger partial charge in [-0.1, -0.05) is 6.07 Å². The van der Waals surface area contributed by atoms with Gasteiger partial charge in [0, 0.05) is 44.8 Å². The summed E-state index contributed by atoms with van der Waals surface area (Å²) in [6, 6.07) is 6.92. The maximum atomic E-state index is 13.8. The molecule has 0 saturated carbocycles. The molecule has 0 bridgehead atoms. The van der Waals surface area contributed by atoms with E-state index in [-0.39, 0.29) is 34.9 Å². The van der Waals surface area contributed by atoms with E-state index < -0.39 is 27.7 Å². The zero-order valence-corrected chi connectivity index (χ0v) is 20.1. The Morgan fingerprint density at radius 1 is 1.18 bits per heavy atom. The van der Waals surface area contributed by atoms with Crippen LogP contribution in [0.15, 0.2) is 36.5 Å². The van der Waals surface area contributed by atoms with E-state index in [0.717, 1.165) is 16.6 Å². The first-order valence-corrected chi connectivity index (χ1v) is 11.9. The number of carbonyl (C=O) groups excluding carboxylic acids is 2. The number of methoxy groups -OCH3 is 1. The van der Waals surface area contributed by atoms with Crippen LogP contribution in [0, 0.1) is 5.82 Å². The van der Waals surface area contributed by atoms with E-state index in [9.17, 15) is 22.4 Å². The first kappa shape index (κ1) is 24.8. The van der Waals surface area contributed by atoms with Gasteiger partial charge < -0.3 is 15.0 Å². The second-order valence-corrected chi connectivity index (χ2v) is 9.64. The summed E-state index contributed by atoms with van der Waals surface area (Å²) in [7, 11) is 2.03. The highest BCUT2D eigenvalue weighted by molar-refractivity contribution is 7.92. The fourth-order valence-electron chi connectivity index (χ4n) is 3.24. The molecule has 0 saturated heterocycles. The molecular formula is C22H24FN5O5S. The van der Waals surface area contributed by atoms with Crippen LogP contribution in [-0.4, -0.2) is 69.6 Å². The first-order chi connectivity index (χ1) is 16.0. The number of hydrogen-bond donors (Lipinski definition) is 1. The number of pyridine rings is 2. The summed E-state index contributed by atoms with van der Waals surface area (Å²) in [5, 5.41) is 3.02. The highest BCUT2D eigenvalue weighted by atomic mass is 32.2. The van der Waals surface area contributed by atoms with E-state index in [1.807, 2.05) is 0 Å². The number of nitrogens with zero attached hydrogens (tertiary/aromatic N) is 4. The van der Waals surface area contributed by atoms with Crippen molar-refractivity contribution in [1.29, 1.82) is 0 Å². The maximum absolute atomic E-state index is 13.8. The molecule has 0 aliphatic heterocycles. The number of hydrogen-bond acceptors (Lipinski definition) is 7. The molecule has 180 valence electrons. The average Bonchev–Trinajstić information content (AvgIpc) is 2.80. The third-order valence-electron chi connectivity index (χ3n) is 5.06. The molecule has 34 heavy (non-hydrogen) atoms. The molecule has 0 unspecified atom stereocenters. The number of anilines is 1. The lowest BCUT2D eigenvalue weighted by Crippen LogP contribution is -2.30. The topological polar surface area (TPSA) is 122 Å². The number of ether oxygens (including phenoxy) is 1. The van der Waals surface area contributed by atoms with E-state index in [2.05, 4.69) is 15.3 Å². The zero-order valence-electron chi connectivity index (χ0n) is 19.3. The highest BCUT2D eigenvalue weighted by Crippen LogP contribution is 2.33. The number of amides is 2. The number of halogens is 1. The Kier molecular flexibility index (Phi) is 7.01. The van der Waals surface area contributed by atoms with Crippen LogP contribution < -0.4 is 14.4 Å². The summed E-state index contributed by atoms with van der Waals surface area (Å²) in [5.41, 5.74) is 0.547. The minimum atomic E-state index is -3.70. The molecule has 0 fully saturated rings. The largest absolute Gasteiger partial charge is 0.492 e. The number of aromatic nitrogens is 2. The third kappa shape index (κ3) is 4.91. The molecule has 1 aromatic carbocycles. The van der Waals surface area contributed by atoms with Gasteiger partial charge in [-0.25, -0.2) is 17.8 Å². The molecular weight excluding hydrogens is 465 g/mol. The van der Waals surface area contributed by atoms with E-state index in [0.29, 0.717) is 10.9 Å². The van der Waals surface area contributed by atoms with Crippen LogP contribution >= 0.6 is 0 Å². The zero-order chi connectivity index (χ0) is 25.2. The molecule has 0 aliphatic carbocycles. The lowest BCUT2D eigenvalue weighted by molar-refractivity contribution is 0.0824. The number of nitrogens with one attached hydrogen (secondary N) is 1. The predicted molar refractivity (Wildman–Crippen MR) is 125 cm³/mol. The van der Waals surface area contributed by atoms with Crippen molar-refractivity contribution in [3.8, 4) is 5.75 Å². The van der Waals surface area contributed by atoms with E-state index in [4.69, 9.17) is 4.74 Å². The van der Waals surface area contributed by atoms with Crippen molar-refractivity contribution in [3.63, 3.8) is 0 Å². The highest BCUT2D eigenvalue weighted by Gasteiger charge is 2.26. The van der Waals surface area contributed by atoms with Crippen LogP contribution in [0.5, 0.6) is 5.75 Å². The van der Waals surface area contributed by atoms with Crippen LogP contribution in [0.3, 0.4) is 0 Å². The van der Waals surface area contributed by atoms with Gasteiger partial charge in [-0.3, -0.25) is 18.9 Å². The molecule has 2 heterocycles. The molecule has 12 heteroatoms. The second kappa shape index (κ2) is 9.59. The van der Waals surface area contributed by atoms with Crippen molar-refractivity contribution in [2.75, 3.05) is 38.8 Å². The van der Waals surface area contributed by atoms with Crippen molar-refractivity contribution in [2.24, 2.45) is 0 Å². The van der Waals surface area contributed by atoms with Gasteiger partial charge in [0.2, 0.25) is 10.0 Å². The SMILES string of the molecule is COc1c(C(=O)NCc2ccc(F)cc2C(=O)N(C)C)nc(N(C)S(C)(=O)=O)c2cccnc12. The quantitative estimate of drug-likeness (QED) is 0.537. The molecule has 0 radical (unpaired) electrons. The van der Waals surface area contributed by atoms with Gasteiger partial charge >= 0.3 is 0 Å². The lowest BCUT2D eigenvalue weighted by atomic mass is 10.1. The molecule has 10 nitrogen and oxygen atoms in total.